The molecule has 0 spiro atoms. The predicted octanol–water partition coefficient (Wildman–Crippen LogP) is 2.76. The van der Waals surface area contributed by atoms with Gasteiger partial charge in [-0.2, -0.15) is 13.2 Å². The highest BCUT2D eigenvalue weighted by molar-refractivity contribution is 7.81. The van der Waals surface area contributed by atoms with E-state index in [9.17, 15) is 22.2 Å². The number of ether oxygens (including phenoxy) is 1. The number of benzene rings is 1. The number of hydrogen-bond acceptors (Lipinski definition) is 6. The summed E-state index contributed by atoms with van der Waals surface area (Å²) in [5, 5.41) is 2.70. The zero-order valence-electron chi connectivity index (χ0n) is 12.8. The number of halogens is 3. The molecule has 25 heavy (non-hydrogen) atoms. The lowest BCUT2D eigenvalue weighted by atomic mass is 10.0. The number of fused-ring (bicyclic) bond motifs is 1. The SMILES string of the molecule is C[C@@H](Oc1cc(OS(=O)C(F)(F)F)cc2ncsc12)[C@H]1CNC(=O)C1. The van der Waals surface area contributed by atoms with Crippen molar-refractivity contribution in [1.29, 1.82) is 0 Å². The third-order valence-corrected chi connectivity index (χ3v) is 5.30. The lowest BCUT2D eigenvalue weighted by Gasteiger charge is -2.20. The van der Waals surface area contributed by atoms with Crippen molar-refractivity contribution in [3.05, 3.63) is 17.6 Å². The fourth-order valence-corrected chi connectivity index (χ4v) is 3.53. The van der Waals surface area contributed by atoms with E-state index in [0.29, 0.717) is 23.2 Å². The Morgan fingerprint density at radius 1 is 1.44 bits per heavy atom. The van der Waals surface area contributed by atoms with Crippen LogP contribution in [0.2, 0.25) is 0 Å². The van der Waals surface area contributed by atoms with Gasteiger partial charge in [-0.25, -0.2) is 9.19 Å². The van der Waals surface area contributed by atoms with Gasteiger partial charge in [0.2, 0.25) is 5.91 Å². The molecule has 0 radical (unpaired) electrons. The second-order valence-electron chi connectivity index (χ2n) is 5.48. The number of carbonyl (C=O) groups excluding carboxylic acids is 1. The third-order valence-electron chi connectivity index (χ3n) is 3.72. The van der Waals surface area contributed by atoms with Crippen LogP contribution in [0.5, 0.6) is 11.5 Å². The summed E-state index contributed by atoms with van der Waals surface area (Å²) in [5.74, 6) is -0.0942. The van der Waals surface area contributed by atoms with E-state index in [4.69, 9.17) is 4.74 Å². The van der Waals surface area contributed by atoms with Crippen LogP contribution in [0.4, 0.5) is 13.2 Å². The average molecular weight is 394 g/mol. The first-order chi connectivity index (χ1) is 11.7. The normalized spacial score (nSPS) is 20.3. The highest BCUT2D eigenvalue weighted by Gasteiger charge is 2.40. The molecular formula is C14H13F3N2O4S2. The number of rotatable bonds is 5. The quantitative estimate of drug-likeness (QED) is 0.844. The van der Waals surface area contributed by atoms with Gasteiger partial charge in [-0.05, 0) is 6.92 Å². The molecule has 2 aromatic rings. The van der Waals surface area contributed by atoms with Crippen LogP contribution in [-0.2, 0) is 15.9 Å². The van der Waals surface area contributed by atoms with Gasteiger partial charge in [-0.1, -0.05) is 0 Å². The van der Waals surface area contributed by atoms with Gasteiger partial charge in [0.25, 0.3) is 0 Å². The van der Waals surface area contributed by atoms with Crippen LogP contribution in [0, 0.1) is 5.92 Å². The van der Waals surface area contributed by atoms with Crippen molar-refractivity contribution in [3.8, 4) is 11.5 Å². The third kappa shape index (κ3) is 4.03. The van der Waals surface area contributed by atoms with Crippen LogP contribution >= 0.6 is 11.3 Å². The van der Waals surface area contributed by atoms with Gasteiger partial charge >= 0.3 is 16.6 Å². The Balaban J connectivity index is 1.85. The maximum absolute atomic E-state index is 12.4. The molecule has 1 aromatic carbocycles. The van der Waals surface area contributed by atoms with Crippen molar-refractivity contribution >= 4 is 38.5 Å². The second kappa shape index (κ2) is 6.79. The number of nitrogens with one attached hydrogen (secondary N) is 1. The van der Waals surface area contributed by atoms with Crippen LogP contribution in [0.15, 0.2) is 17.6 Å². The molecular weight excluding hydrogens is 381 g/mol. The summed E-state index contributed by atoms with van der Waals surface area (Å²) in [6.45, 7) is 2.25. The molecule has 3 atom stereocenters. The molecule has 1 amide bonds. The number of alkyl halides is 3. The van der Waals surface area contributed by atoms with Crippen molar-refractivity contribution in [3.63, 3.8) is 0 Å². The van der Waals surface area contributed by atoms with Gasteiger partial charge in [0.1, 0.15) is 17.6 Å². The zero-order chi connectivity index (χ0) is 18.2. The molecule has 1 fully saturated rings. The van der Waals surface area contributed by atoms with E-state index in [1.807, 2.05) is 0 Å². The maximum atomic E-state index is 12.4. The van der Waals surface area contributed by atoms with Crippen molar-refractivity contribution in [1.82, 2.24) is 10.3 Å². The monoisotopic (exact) mass is 394 g/mol. The highest BCUT2D eigenvalue weighted by atomic mass is 32.2. The van der Waals surface area contributed by atoms with Crippen LogP contribution in [0.1, 0.15) is 13.3 Å². The highest BCUT2D eigenvalue weighted by Crippen LogP contribution is 2.36. The summed E-state index contributed by atoms with van der Waals surface area (Å²) in [5.41, 5.74) is -3.08. The molecule has 0 bridgehead atoms. The first kappa shape index (κ1) is 17.9. The second-order valence-corrected chi connectivity index (χ2v) is 7.43. The van der Waals surface area contributed by atoms with Gasteiger partial charge in [0.15, 0.2) is 0 Å². The lowest BCUT2D eigenvalue weighted by Crippen LogP contribution is -2.25. The minimum atomic E-state index is -4.98. The number of carbonyl (C=O) groups is 1. The van der Waals surface area contributed by atoms with E-state index >= 15 is 0 Å². The largest absolute Gasteiger partial charge is 0.508 e. The Morgan fingerprint density at radius 3 is 2.84 bits per heavy atom. The minimum Gasteiger partial charge on any atom is -0.489 e. The summed E-state index contributed by atoms with van der Waals surface area (Å²) in [6, 6.07) is 2.53. The van der Waals surface area contributed by atoms with E-state index < -0.39 is 16.6 Å². The summed E-state index contributed by atoms with van der Waals surface area (Å²) >= 11 is -2.22. The predicted molar refractivity (Wildman–Crippen MR) is 85.7 cm³/mol. The molecule has 1 aliphatic heterocycles. The first-order valence-electron chi connectivity index (χ1n) is 7.21. The molecule has 1 saturated heterocycles. The summed E-state index contributed by atoms with van der Waals surface area (Å²) in [4.78, 5) is 15.4. The number of amides is 1. The van der Waals surface area contributed by atoms with Crippen molar-refractivity contribution in [2.75, 3.05) is 6.54 Å². The molecule has 1 aromatic heterocycles. The Kier molecular flexibility index (Phi) is 4.87. The number of aromatic nitrogens is 1. The summed E-state index contributed by atoms with van der Waals surface area (Å²) < 4.78 is 59.4. The number of hydrogen-bond donors (Lipinski definition) is 1. The van der Waals surface area contributed by atoms with Crippen molar-refractivity contribution in [2.45, 2.75) is 25.0 Å². The van der Waals surface area contributed by atoms with Crippen LogP contribution < -0.4 is 14.2 Å². The van der Waals surface area contributed by atoms with E-state index in [1.165, 1.54) is 29.0 Å². The topological polar surface area (TPSA) is 77.5 Å². The molecule has 2 heterocycles. The molecule has 1 N–H and O–H groups in total. The zero-order valence-corrected chi connectivity index (χ0v) is 14.5. The standard InChI is InChI=1S/C14H13F3N2O4S2/c1-7(8-2-12(20)18-5-8)22-11-4-9(23-25(21)14(15,16)17)3-10-13(11)24-6-19-10/h3-4,6-8H,2,5H2,1H3,(H,18,20)/t7-,8-,25?/m1/s1. The molecule has 3 rings (SSSR count). The van der Waals surface area contributed by atoms with Gasteiger partial charge < -0.3 is 14.2 Å². The van der Waals surface area contributed by atoms with Crippen LogP contribution in [-0.4, -0.2) is 33.3 Å². The van der Waals surface area contributed by atoms with E-state index in [1.54, 1.807) is 6.92 Å². The maximum Gasteiger partial charge on any atom is 0.508 e. The molecule has 11 heteroatoms. The van der Waals surface area contributed by atoms with E-state index in [2.05, 4.69) is 14.5 Å². The molecule has 0 aliphatic carbocycles. The van der Waals surface area contributed by atoms with Gasteiger partial charge in [-0.3, -0.25) is 4.79 Å². The lowest BCUT2D eigenvalue weighted by molar-refractivity contribution is -0.119. The van der Waals surface area contributed by atoms with E-state index in [0.717, 1.165) is 0 Å². The van der Waals surface area contributed by atoms with Crippen LogP contribution in [0.3, 0.4) is 0 Å². The van der Waals surface area contributed by atoms with Gasteiger partial charge in [0, 0.05) is 31.0 Å². The fourth-order valence-electron chi connectivity index (χ4n) is 2.44. The Hall–Kier alpha value is -1.88. The van der Waals surface area contributed by atoms with Crippen molar-refractivity contribution < 1.29 is 31.1 Å². The van der Waals surface area contributed by atoms with Crippen molar-refractivity contribution in [2.24, 2.45) is 5.92 Å². The fraction of sp³-hybridized carbons (Fsp3) is 0.429. The number of thiazole rings is 1. The first-order valence-corrected chi connectivity index (χ1v) is 9.17. The summed E-state index contributed by atoms with van der Waals surface area (Å²) in [7, 11) is 0. The average Bonchev–Trinajstić information content (AvgIpc) is 3.15. The Labute approximate surface area is 147 Å². The minimum absolute atomic E-state index is 0.0515. The molecule has 0 saturated carbocycles. The summed E-state index contributed by atoms with van der Waals surface area (Å²) in [6.07, 6.45) is -0.0333. The molecule has 1 unspecified atom stereocenters. The van der Waals surface area contributed by atoms with Gasteiger partial charge in [0.05, 0.1) is 15.7 Å². The molecule has 6 nitrogen and oxygen atoms in total. The van der Waals surface area contributed by atoms with Gasteiger partial charge in [-0.15, -0.1) is 11.3 Å². The van der Waals surface area contributed by atoms with E-state index in [-0.39, 0.29) is 29.4 Å². The smallest absolute Gasteiger partial charge is 0.489 e. The molecule has 1 aliphatic rings. The number of nitrogens with zero attached hydrogens (tertiary/aromatic N) is 1. The van der Waals surface area contributed by atoms with Crippen LogP contribution in [0.25, 0.3) is 10.2 Å². The Morgan fingerprint density at radius 2 is 2.20 bits per heavy atom. The Bertz CT molecular complexity index is 824. The molecule has 136 valence electrons.